The fourth-order valence-electron chi connectivity index (χ4n) is 2.24. The molecule has 16 heavy (non-hydrogen) atoms. The highest BCUT2D eigenvalue weighted by atomic mass is 16.5. The van der Waals surface area contributed by atoms with Gasteiger partial charge in [0.05, 0.1) is 25.2 Å². The van der Waals surface area contributed by atoms with Crippen molar-refractivity contribution in [1.29, 1.82) is 0 Å². The van der Waals surface area contributed by atoms with Gasteiger partial charge in [0.1, 0.15) is 0 Å². The molecule has 3 heteroatoms. The summed E-state index contributed by atoms with van der Waals surface area (Å²) in [5, 5.41) is 0. The van der Waals surface area contributed by atoms with Gasteiger partial charge >= 0.3 is 5.97 Å². The molecule has 0 radical (unpaired) electrons. The van der Waals surface area contributed by atoms with Crippen molar-refractivity contribution in [3.05, 3.63) is 12.2 Å². The first-order valence-electron chi connectivity index (χ1n) is 6.14. The summed E-state index contributed by atoms with van der Waals surface area (Å²) >= 11 is 0. The van der Waals surface area contributed by atoms with Crippen molar-refractivity contribution in [1.82, 2.24) is 0 Å². The summed E-state index contributed by atoms with van der Waals surface area (Å²) in [4.78, 5) is 11.6. The zero-order valence-corrected chi connectivity index (χ0v) is 10.0. The van der Waals surface area contributed by atoms with Crippen LogP contribution < -0.4 is 0 Å². The van der Waals surface area contributed by atoms with Crippen LogP contribution in [0.25, 0.3) is 0 Å². The van der Waals surface area contributed by atoms with E-state index in [0.29, 0.717) is 24.9 Å². The van der Waals surface area contributed by atoms with Gasteiger partial charge < -0.3 is 9.47 Å². The molecule has 2 heterocycles. The van der Waals surface area contributed by atoms with Gasteiger partial charge in [-0.05, 0) is 18.8 Å². The molecule has 3 atom stereocenters. The van der Waals surface area contributed by atoms with Crippen LogP contribution in [0.15, 0.2) is 12.2 Å². The highest BCUT2D eigenvalue weighted by molar-refractivity contribution is 5.69. The Bertz CT molecular complexity index is 283. The average molecular weight is 224 g/mol. The number of ether oxygens (including phenoxy) is 2. The predicted molar refractivity (Wildman–Crippen MR) is 60.9 cm³/mol. The number of fused-ring (bicyclic) bond motifs is 2. The van der Waals surface area contributed by atoms with Crippen molar-refractivity contribution in [2.45, 2.75) is 45.3 Å². The van der Waals surface area contributed by atoms with Gasteiger partial charge in [-0.25, -0.2) is 0 Å². The van der Waals surface area contributed by atoms with Gasteiger partial charge in [0.2, 0.25) is 0 Å². The lowest BCUT2D eigenvalue weighted by Crippen LogP contribution is -2.19. The smallest absolute Gasteiger partial charge is 0.306 e. The summed E-state index contributed by atoms with van der Waals surface area (Å²) < 4.78 is 10.8. The fraction of sp³-hybridized carbons (Fsp3) is 0.769. The third-order valence-corrected chi connectivity index (χ3v) is 3.23. The van der Waals surface area contributed by atoms with Gasteiger partial charge in [-0.1, -0.05) is 26.0 Å². The molecule has 0 amide bonds. The van der Waals surface area contributed by atoms with Crippen LogP contribution in [-0.4, -0.2) is 24.8 Å². The lowest BCUT2D eigenvalue weighted by molar-refractivity contribution is -0.145. The number of hydrogen-bond acceptors (Lipinski definition) is 3. The molecule has 1 fully saturated rings. The molecule has 0 N–H and O–H groups in total. The van der Waals surface area contributed by atoms with E-state index in [2.05, 4.69) is 26.0 Å². The number of hydrogen-bond donors (Lipinski definition) is 0. The second-order valence-corrected chi connectivity index (χ2v) is 5.13. The molecule has 2 rings (SSSR count). The minimum Gasteiger partial charge on any atom is -0.466 e. The van der Waals surface area contributed by atoms with Gasteiger partial charge in [-0.15, -0.1) is 0 Å². The van der Waals surface area contributed by atoms with Crippen molar-refractivity contribution in [2.24, 2.45) is 11.8 Å². The van der Waals surface area contributed by atoms with E-state index >= 15 is 0 Å². The molecular formula is C13H20O3. The Morgan fingerprint density at radius 1 is 1.50 bits per heavy atom. The molecule has 0 aromatic heterocycles. The maximum atomic E-state index is 11.6. The molecule has 0 saturated carbocycles. The summed E-state index contributed by atoms with van der Waals surface area (Å²) in [6, 6.07) is 0. The van der Waals surface area contributed by atoms with Crippen LogP contribution in [0, 0.1) is 11.8 Å². The molecule has 0 spiro atoms. The Labute approximate surface area is 96.8 Å². The Morgan fingerprint density at radius 3 is 2.88 bits per heavy atom. The van der Waals surface area contributed by atoms with Crippen LogP contribution in [-0.2, 0) is 14.3 Å². The Balaban J connectivity index is 1.66. The van der Waals surface area contributed by atoms with E-state index in [1.165, 1.54) is 0 Å². The zero-order chi connectivity index (χ0) is 11.5. The lowest BCUT2D eigenvalue weighted by Gasteiger charge is -2.14. The van der Waals surface area contributed by atoms with Crippen molar-refractivity contribution in [3.8, 4) is 0 Å². The maximum absolute atomic E-state index is 11.6. The first-order valence-corrected chi connectivity index (χ1v) is 6.14. The topological polar surface area (TPSA) is 35.5 Å². The van der Waals surface area contributed by atoms with Crippen molar-refractivity contribution in [2.75, 3.05) is 6.61 Å². The van der Waals surface area contributed by atoms with Crippen LogP contribution in [0.5, 0.6) is 0 Å². The molecule has 3 nitrogen and oxygen atoms in total. The van der Waals surface area contributed by atoms with Gasteiger partial charge in [-0.2, -0.15) is 0 Å². The lowest BCUT2D eigenvalue weighted by atomic mass is 9.91. The third-order valence-electron chi connectivity index (χ3n) is 3.23. The van der Waals surface area contributed by atoms with Gasteiger partial charge in [0.25, 0.3) is 0 Å². The third kappa shape index (κ3) is 2.85. The molecule has 0 aliphatic carbocycles. The largest absolute Gasteiger partial charge is 0.466 e. The van der Waals surface area contributed by atoms with E-state index in [4.69, 9.17) is 9.47 Å². The molecule has 2 aliphatic rings. The second-order valence-electron chi connectivity index (χ2n) is 5.13. The minimum absolute atomic E-state index is 0.0739. The van der Waals surface area contributed by atoms with Crippen LogP contribution in [0.4, 0.5) is 0 Å². The number of carbonyl (C=O) groups is 1. The second kappa shape index (κ2) is 5.00. The van der Waals surface area contributed by atoms with E-state index in [1.807, 2.05) is 0 Å². The summed E-state index contributed by atoms with van der Waals surface area (Å²) in [6.07, 6.45) is 6.98. The Kier molecular flexibility index (Phi) is 3.64. The van der Waals surface area contributed by atoms with Crippen molar-refractivity contribution < 1.29 is 14.3 Å². The van der Waals surface area contributed by atoms with Crippen molar-refractivity contribution >= 4 is 5.97 Å². The first-order chi connectivity index (χ1) is 7.65. The Hall–Kier alpha value is -0.830. The summed E-state index contributed by atoms with van der Waals surface area (Å²) in [7, 11) is 0. The SMILES string of the molecule is CC(C)CCOC(=O)CC1CC2C=CC1O2. The summed E-state index contributed by atoms with van der Waals surface area (Å²) in [6.45, 7) is 4.80. The molecule has 0 aromatic rings. The minimum atomic E-state index is -0.0739. The number of rotatable bonds is 5. The monoisotopic (exact) mass is 224 g/mol. The molecule has 2 aliphatic heterocycles. The Morgan fingerprint density at radius 2 is 2.31 bits per heavy atom. The van der Waals surface area contributed by atoms with Crippen LogP contribution >= 0.6 is 0 Å². The highest BCUT2D eigenvalue weighted by Crippen LogP contribution is 2.35. The molecule has 2 bridgehead atoms. The number of carbonyl (C=O) groups excluding carboxylic acids is 1. The average Bonchev–Trinajstić information content (AvgIpc) is 2.78. The van der Waals surface area contributed by atoms with E-state index in [-0.39, 0.29) is 18.2 Å². The quantitative estimate of drug-likeness (QED) is 0.531. The summed E-state index contributed by atoms with van der Waals surface area (Å²) in [5.74, 6) is 0.846. The maximum Gasteiger partial charge on any atom is 0.306 e. The van der Waals surface area contributed by atoms with E-state index in [1.54, 1.807) is 0 Å². The standard InChI is InChI=1S/C13H20O3/c1-9(2)5-6-15-13(14)8-10-7-11-3-4-12(10)16-11/h3-4,9-12H,5-8H2,1-2H3. The van der Waals surface area contributed by atoms with Gasteiger partial charge in [-0.3, -0.25) is 4.79 Å². The van der Waals surface area contributed by atoms with Gasteiger partial charge in [0.15, 0.2) is 0 Å². The van der Waals surface area contributed by atoms with E-state index in [0.717, 1.165) is 12.8 Å². The van der Waals surface area contributed by atoms with Crippen molar-refractivity contribution in [3.63, 3.8) is 0 Å². The zero-order valence-electron chi connectivity index (χ0n) is 10.0. The van der Waals surface area contributed by atoms with E-state index in [9.17, 15) is 4.79 Å². The number of esters is 1. The first kappa shape index (κ1) is 11.6. The van der Waals surface area contributed by atoms with Crippen LogP contribution in [0.3, 0.4) is 0 Å². The molecular weight excluding hydrogens is 204 g/mol. The van der Waals surface area contributed by atoms with Crippen LogP contribution in [0.1, 0.15) is 33.1 Å². The normalized spacial score (nSPS) is 31.3. The molecule has 90 valence electrons. The molecule has 3 unspecified atom stereocenters. The molecule has 0 aromatic carbocycles. The van der Waals surface area contributed by atoms with Crippen LogP contribution in [0.2, 0.25) is 0 Å². The van der Waals surface area contributed by atoms with Gasteiger partial charge in [0, 0.05) is 5.92 Å². The predicted octanol–water partition coefficient (Wildman–Crippen LogP) is 2.31. The molecule has 1 saturated heterocycles. The summed E-state index contributed by atoms with van der Waals surface area (Å²) in [5.41, 5.74) is 0. The van der Waals surface area contributed by atoms with E-state index < -0.39 is 0 Å². The highest BCUT2D eigenvalue weighted by Gasteiger charge is 2.37. The fourth-order valence-corrected chi connectivity index (χ4v) is 2.24.